The van der Waals surface area contributed by atoms with E-state index in [1.165, 1.54) is 6.07 Å². The van der Waals surface area contributed by atoms with Crippen LogP contribution < -0.4 is 15.1 Å². The van der Waals surface area contributed by atoms with E-state index in [4.69, 9.17) is 4.74 Å². The normalized spacial score (nSPS) is 22.6. The van der Waals surface area contributed by atoms with Gasteiger partial charge in [-0.25, -0.2) is 4.98 Å². The number of nitrogens with zero attached hydrogens (tertiary/aromatic N) is 4. The number of ether oxygens (including phenoxy) is 1. The monoisotopic (exact) mass is 503 g/mol. The number of hydrogen-bond donors (Lipinski definition) is 1. The van der Waals surface area contributed by atoms with E-state index in [0.29, 0.717) is 31.7 Å². The summed E-state index contributed by atoms with van der Waals surface area (Å²) >= 11 is 0. The fourth-order valence-electron chi connectivity index (χ4n) is 5.52. The van der Waals surface area contributed by atoms with Gasteiger partial charge in [0.15, 0.2) is 0 Å². The zero-order valence-corrected chi connectivity index (χ0v) is 20.2. The standard InChI is InChI=1S/C26H32F3N5O2/c27-26(28,29)20-5-6-22-19(16-20)17-21(25(35)31-8-3-9-32-12-14-36-15-13-32)23-18-33(10-11-34(22)23)24-4-1-2-7-30-24/h1-2,4-7,16,21,23H,3,8-15,17-18H2,(H,31,35). The highest BCUT2D eigenvalue weighted by Gasteiger charge is 2.43. The molecule has 0 radical (unpaired) electrons. The van der Waals surface area contributed by atoms with Crippen molar-refractivity contribution in [2.24, 2.45) is 5.92 Å². The second kappa shape index (κ2) is 10.6. The van der Waals surface area contributed by atoms with Crippen LogP contribution in [0.15, 0.2) is 42.6 Å². The molecule has 36 heavy (non-hydrogen) atoms. The molecular weight excluding hydrogens is 471 g/mol. The Bertz CT molecular complexity index is 1050. The first kappa shape index (κ1) is 24.8. The minimum Gasteiger partial charge on any atom is -0.379 e. The molecule has 194 valence electrons. The third-order valence-electron chi connectivity index (χ3n) is 7.40. The molecule has 3 aliphatic rings. The highest BCUT2D eigenvalue weighted by molar-refractivity contribution is 5.82. The van der Waals surface area contributed by atoms with Gasteiger partial charge in [0, 0.05) is 51.2 Å². The number of hydrogen-bond acceptors (Lipinski definition) is 6. The van der Waals surface area contributed by atoms with E-state index < -0.39 is 17.7 Å². The highest BCUT2D eigenvalue weighted by atomic mass is 19.4. The molecule has 0 spiro atoms. The maximum Gasteiger partial charge on any atom is 0.416 e. The number of anilines is 2. The Morgan fingerprint density at radius 3 is 2.69 bits per heavy atom. The Morgan fingerprint density at radius 1 is 1.11 bits per heavy atom. The van der Waals surface area contributed by atoms with E-state index in [1.54, 1.807) is 12.3 Å². The average molecular weight is 504 g/mol. The van der Waals surface area contributed by atoms with Gasteiger partial charge in [0.1, 0.15) is 5.82 Å². The van der Waals surface area contributed by atoms with Crippen LogP contribution in [0.1, 0.15) is 17.5 Å². The summed E-state index contributed by atoms with van der Waals surface area (Å²) in [6.45, 7) is 6.57. The van der Waals surface area contributed by atoms with Gasteiger partial charge >= 0.3 is 6.18 Å². The molecule has 1 aromatic carbocycles. The molecule has 2 fully saturated rings. The maximum atomic E-state index is 13.4. The third-order valence-corrected chi connectivity index (χ3v) is 7.40. The molecule has 3 aliphatic heterocycles. The van der Waals surface area contributed by atoms with E-state index in [9.17, 15) is 18.0 Å². The number of pyridine rings is 1. The quantitative estimate of drug-likeness (QED) is 0.612. The molecule has 5 rings (SSSR count). The first-order chi connectivity index (χ1) is 17.4. The summed E-state index contributed by atoms with van der Waals surface area (Å²) < 4.78 is 45.7. The number of amides is 1. The van der Waals surface area contributed by atoms with Crippen LogP contribution in [0.3, 0.4) is 0 Å². The number of alkyl halides is 3. The van der Waals surface area contributed by atoms with Gasteiger partial charge in [-0.2, -0.15) is 13.2 Å². The Balaban J connectivity index is 1.32. The van der Waals surface area contributed by atoms with E-state index in [2.05, 4.69) is 25.0 Å². The number of carbonyl (C=O) groups is 1. The molecule has 7 nitrogen and oxygen atoms in total. The van der Waals surface area contributed by atoms with Crippen molar-refractivity contribution in [3.63, 3.8) is 0 Å². The van der Waals surface area contributed by atoms with Crippen molar-refractivity contribution in [2.75, 3.05) is 68.8 Å². The number of morpholine rings is 1. The number of aromatic nitrogens is 1. The minimum atomic E-state index is -4.42. The first-order valence-corrected chi connectivity index (χ1v) is 12.6. The lowest BCUT2D eigenvalue weighted by Gasteiger charge is -2.49. The van der Waals surface area contributed by atoms with Gasteiger partial charge in [0.25, 0.3) is 0 Å². The van der Waals surface area contributed by atoms with Crippen LogP contribution in [0.5, 0.6) is 0 Å². The number of piperazine rings is 1. The summed E-state index contributed by atoms with van der Waals surface area (Å²) in [7, 11) is 0. The molecule has 0 aliphatic carbocycles. The van der Waals surface area contributed by atoms with Crippen LogP contribution in [-0.2, 0) is 22.1 Å². The molecule has 2 atom stereocenters. The molecule has 0 bridgehead atoms. The minimum absolute atomic E-state index is 0.0992. The number of fused-ring (bicyclic) bond motifs is 3. The molecular formula is C26H32F3N5O2. The average Bonchev–Trinajstić information content (AvgIpc) is 2.90. The molecule has 2 saturated heterocycles. The lowest BCUT2D eigenvalue weighted by Crippen LogP contribution is -2.61. The van der Waals surface area contributed by atoms with Crippen LogP contribution in [0, 0.1) is 5.92 Å². The van der Waals surface area contributed by atoms with Crippen molar-refractivity contribution in [2.45, 2.75) is 25.1 Å². The molecule has 0 saturated carbocycles. The lowest BCUT2D eigenvalue weighted by molar-refractivity contribution is -0.137. The van der Waals surface area contributed by atoms with Crippen molar-refractivity contribution in [3.8, 4) is 0 Å². The van der Waals surface area contributed by atoms with Crippen LogP contribution in [-0.4, -0.2) is 80.9 Å². The molecule has 1 N–H and O–H groups in total. The summed E-state index contributed by atoms with van der Waals surface area (Å²) in [6, 6.07) is 9.53. The van der Waals surface area contributed by atoms with Crippen molar-refractivity contribution in [1.82, 2.24) is 15.2 Å². The van der Waals surface area contributed by atoms with E-state index >= 15 is 0 Å². The SMILES string of the molecule is O=C(NCCCN1CCOCC1)C1Cc2cc(C(F)(F)F)ccc2N2CCN(c3ccccn3)CC12. The van der Waals surface area contributed by atoms with Crippen LogP contribution in [0.4, 0.5) is 24.7 Å². The predicted octanol–water partition coefficient (Wildman–Crippen LogP) is 2.81. The third kappa shape index (κ3) is 5.44. The largest absolute Gasteiger partial charge is 0.416 e. The second-order valence-electron chi connectivity index (χ2n) is 9.65. The summed E-state index contributed by atoms with van der Waals surface area (Å²) in [5.41, 5.74) is 0.711. The van der Waals surface area contributed by atoms with Crippen LogP contribution >= 0.6 is 0 Å². The zero-order valence-electron chi connectivity index (χ0n) is 20.2. The molecule has 4 heterocycles. The topological polar surface area (TPSA) is 60.9 Å². The van der Waals surface area contributed by atoms with Crippen LogP contribution in [0.25, 0.3) is 0 Å². The van der Waals surface area contributed by atoms with Gasteiger partial charge in [-0.05, 0) is 55.3 Å². The molecule has 1 amide bonds. The molecule has 10 heteroatoms. The first-order valence-electron chi connectivity index (χ1n) is 12.6. The fourth-order valence-corrected chi connectivity index (χ4v) is 5.52. The zero-order chi connectivity index (χ0) is 25.1. The van der Waals surface area contributed by atoms with E-state index in [-0.39, 0.29) is 18.4 Å². The van der Waals surface area contributed by atoms with Crippen molar-refractivity contribution in [3.05, 3.63) is 53.7 Å². The van der Waals surface area contributed by atoms with Gasteiger partial charge in [-0.3, -0.25) is 9.69 Å². The molecule has 2 aromatic rings. The number of rotatable bonds is 6. The van der Waals surface area contributed by atoms with E-state index in [0.717, 1.165) is 56.8 Å². The second-order valence-corrected chi connectivity index (χ2v) is 9.65. The summed E-state index contributed by atoms with van der Waals surface area (Å²) in [4.78, 5) is 24.5. The Morgan fingerprint density at radius 2 is 1.94 bits per heavy atom. The summed E-state index contributed by atoms with van der Waals surface area (Å²) in [5.74, 6) is 0.300. The van der Waals surface area contributed by atoms with Gasteiger partial charge < -0.3 is 19.9 Å². The van der Waals surface area contributed by atoms with Crippen LogP contribution in [0.2, 0.25) is 0 Å². The smallest absolute Gasteiger partial charge is 0.379 e. The Kier molecular flexibility index (Phi) is 7.34. The Labute approximate surface area is 209 Å². The maximum absolute atomic E-state index is 13.4. The highest BCUT2D eigenvalue weighted by Crippen LogP contribution is 2.40. The van der Waals surface area contributed by atoms with Crippen molar-refractivity contribution >= 4 is 17.4 Å². The van der Waals surface area contributed by atoms with Gasteiger partial charge in [0.2, 0.25) is 5.91 Å². The molecule has 1 aromatic heterocycles. The van der Waals surface area contributed by atoms with Crippen molar-refractivity contribution in [1.29, 1.82) is 0 Å². The number of benzene rings is 1. The number of nitrogens with one attached hydrogen (secondary N) is 1. The summed E-state index contributed by atoms with van der Waals surface area (Å²) in [6.07, 6.45) is -1.57. The van der Waals surface area contributed by atoms with Gasteiger partial charge in [-0.1, -0.05) is 6.07 Å². The predicted molar refractivity (Wildman–Crippen MR) is 131 cm³/mol. The lowest BCUT2D eigenvalue weighted by atomic mass is 9.82. The van der Waals surface area contributed by atoms with Gasteiger partial charge in [0.05, 0.1) is 30.7 Å². The van der Waals surface area contributed by atoms with Gasteiger partial charge in [-0.15, -0.1) is 0 Å². The summed E-state index contributed by atoms with van der Waals surface area (Å²) in [5, 5.41) is 3.08. The van der Waals surface area contributed by atoms with Crippen molar-refractivity contribution < 1.29 is 22.7 Å². The fraction of sp³-hybridized carbons (Fsp3) is 0.538. The van der Waals surface area contributed by atoms with E-state index in [1.807, 2.05) is 18.2 Å². The number of carbonyl (C=O) groups excluding carboxylic acids is 1. The Hall–Kier alpha value is -2.85. The number of halogens is 3. The molecule has 2 unspecified atom stereocenters.